The smallest absolute Gasteiger partial charge is 0.304 e. The molecule has 0 saturated carbocycles. The average molecular weight is 271 g/mol. The fraction of sp³-hybridized carbons (Fsp3) is 0.538. The largest absolute Gasteiger partial charge is 0.374 e. The Morgan fingerprint density at radius 2 is 2.00 bits per heavy atom. The molecule has 1 aromatic carbocycles. The summed E-state index contributed by atoms with van der Waals surface area (Å²) in [5.41, 5.74) is -0.193. The molecule has 0 unspecified atom stereocenters. The van der Waals surface area contributed by atoms with Crippen molar-refractivity contribution in [2.24, 2.45) is 0 Å². The van der Waals surface area contributed by atoms with Crippen LogP contribution in [0.25, 0.3) is 0 Å². The van der Waals surface area contributed by atoms with E-state index in [0.717, 1.165) is 12.1 Å². The van der Waals surface area contributed by atoms with E-state index in [9.17, 15) is 14.5 Å². The summed E-state index contributed by atoms with van der Waals surface area (Å²) in [5.74, 6) is -0.850. The molecule has 0 atom stereocenters. The second kappa shape index (κ2) is 6.58. The third-order valence-corrected chi connectivity index (χ3v) is 2.24. The Kier molecular flexibility index (Phi) is 5.38. The highest BCUT2D eigenvalue weighted by Gasteiger charge is 2.13. The van der Waals surface area contributed by atoms with Crippen LogP contribution in [0.4, 0.5) is 10.1 Å². The number of halogens is 1. The first-order valence-corrected chi connectivity index (χ1v) is 5.94. The van der Waals surface area contributed by atoms with Crippen molar-refractivity contribution in [1.82, 2.24) is 0 Å². The van der Waals surface area contributed by atoms with E-state index in [4.69, 9.17) is 9.47 Å². The lowest BCUT2D eigenvalue weighted by Crippen LogP contribution is -2.21. The molecular weight excluding hydrogens is 253 g/mol. The van der Waals surface area contributed by atoms with Crippen molar-refractivity contribution in [2.45, 2.75) is 33.0 Å². The highest BCUT2D eigenvalue weighted by molar-refractivity contribution is 5.34. The van der Waals surface area contributed by atoms with Gasteiger partial charge in [0.1, 0.15) is 0 Å². The molecule has 0 radical (unpaired) electrons. The van der Waals surface area contributed by atoms with Crippen LogP contribution in [0.3, 0.4) is 0 Å². The summed E-state index contributed by atoms with van der Waals surface area (Å²) < 4.78 is 24.1. The first-order chi connectivity index (χ1) is 8.79. The van der Waals surface area contributed by atoms with Crippen molar-refractivity contribution in [3.63, 3.8) is 0 Å². The molecule has 0 heterocycles. The van der Waals surface area contributed by atoms with Gasteiger partial charge in [-0.15, -0.1) is 0 Å². The zero-order valence-electron chi connectivity index (χ0n) is 11.3. The number of nitrogens with zero attached hydrogens (tertiary/aromatic N) is 1. The van der Waals surface area contributed by atoms with Gasteiger partial charge in [0.2, 0.25) is 5.82 Å². The van der Waals surface area contributed by atoms with Gasteiger partial charge in [-0.3, -0.25) is 10.1 Å². The summed E-state index contributed by atoms with van der Waals surface area (Å²) >= 11 is 0. The van der Waals surface area contributed by atoms with Crippen LogP contribution in [0.2, 0.25) is 0 Å². The maximum atomic E-state index is 13.3. The van der Waals surface area contributed by atoms with Crippen molar-refractivity contribution < 1.29 is 18.8 Å². The molecule has 0 N–H and O–H groups in total. The molecule has 1 aromatic rings. The van der Waals surface area contributed by atoms with E-state index >= 15 is 0 Å². The summed E-state index contributed by atoms with van der Waals surface area (Å²) in [6, 6.07) is 3.73. The van der Waals surface area contributed by atoms with E-state index in [2.05, 4.69) is 0 Å². The minimum absolute atomic E-state index is 0.197. The Morgan fingerprint density at radius 1 is 1.32 bits per heavy atom. The van der Waals surface area contributed by atoms with Gasteiger partial charge in [-0.05, 0) is 38.5 Å². The second-order valence-electron chi connectivity index (χ2n) is 5.06. The Hall–Kier alpha value is -1.53. The van der Waals surface area contributed by atoms with Gasteiger partial charge >= 0.3 is 5.69 Å². The Bertz CT molecular complexity index is 443. The van der Waals surface area contributed by atoms with Crippen molar-refractivity contribution in [2.75, 3.05) is 13.2 Å². The van der Waals surface area contributed by atoms with Crippen LogP contribution in [0.1, 0.15) is 26.3 Å². The van der Waals surface area contributed by atoms with Gasteiger partial charge < -0.3 is 9.47 Å². The summed E-state index contributed by atoms with van der Waals surface area (Å²) in [5, 5.41) is 10.4. The first-order valence-electron chi connectivity index (χ1n) is 5.94. The van der Waals surface area contributed by atoms with Gasteiger partial charge in [-0.1, -0.05) is 0 Å². The summed E-state index contributed by atoms with van der Waals surface area (Å²) in [6.07, 6.45) is 0. The van der Waals surface area contributed by atoms with E-state index in [1.807, 2.05) is 20.8 Å². The van der Waals surface area contributed by atoms with E-state index in [-0.39, 0.29) is 12.2 Å². The van der Waals surface area contributed by atoms with Gasteiger partial charge in [-0.25, -0.2) is 0 Å². The fourth-order valence-corrected chi connectivity index (χ4v) is 1.39. The third-order valence-electron chi connectivity index (χ3n) is 2.24. The van der Waals surface area contributed by atoms with Crippen LogP contribution in [0, 0.1) is 15.9 Å². The number of benzene rings is 1. The predicted octanol–water partition coefficient (Wildman–Crippen LogP) is 3.07. The number of nitro groups is 1. The molecule has 106 valence electrons. The summed E-state index contributed by atoms with van der Waals surface area (Å²) in [7, 11) is 0. The molecule has 0 saturated heterocycles. The molecule has 0 amide bonds. The molecule has 0 spiro atoms. The zero-order chi connectivity index (χ0) is 14.5. The molecule has 0 aliphatic carbocycles. The zero-order valence-corrected chi connectivity index (χ0v) is 11.3. The van der Waals surface area contributed by atoms with E-state index < -0.39 is 16.4 Å². The maximum Gasteiger partial charge on any atom is 0.304 e. The lowest BCUT2D eigenvalue weighted by atomic mass is 10.2. The molecule has 0 fully saturated rings. The van der Waals surface area contributed by atoms with Gasteiger partial charge in [-0.2, -0.15) is 4.39 Å². The average Bonchev–Trinajstić information content (AvgIpc) is 2.26. The monoisotopic (exact) mass is 271 g/mol. The van der Waals surface area contributed by atoms with E-state index in [1.165, 1.54) is 6.07 Å². The van der Waals surface area contributed by atoms with Crippen LogP contribution in [0.15, 0.2) is 18.2 Å². The first kappa shape index (κ1) is 15.5. The Labute approximate surface area is 111 Å². The minimum atomic E-state index is -0.850. The summed E-state index contributed by atoms with van der Waals surface area (Å²) in [6.45, 7) is 6.85. The van der Waals surface area contributed by atoms with Crippen LogP contribution < -0.4 is 0 Å². The van der Waals surface area contributed by atoms with E-state index in [1.54, 1.807) is 0 Å². The van der Waals surface area contributed by atoms with Crippen molar-refractivity contribution in [1.29, 1.82) is 0 Å². The van der Waals surface area contributed by atoms with Crippen LogP contribution >= 0.6 is 0 Å². The second-order valence-corrected chi connectivity index (χ2v) is 5.06. The maximum absolute atomic E-state index is 13.3. The van der Waals surface area contributed by atoms with Crippen LogP contribution in [0.5, 0.6) is 0 Å². The minimum Gasteiger partial charge on any atom is -0.374 e. The molecule has 6 heteroatoms. The number of hydrogen-bond acceptors (Lipinski definition) is 4. The molecule has 5 nitrogen and oxygen atoms in total. The quantitative estimate of drug-likeness (QED) is 0.453. The van der Waals surface area contributed by atoms with Crippen LogP contribution in [-0.4, -0.2) is 23.7 Å². The van der Waals surface area contributed by atoms with Crippen molar-refractivity contribution >= 4 is 5.69 Å². The number of hydrogen-bond donors (Lipinski definition) is 0. The number of nitro benzene ring substituents is 1. The van der Waals surface area contributed by atoms with Crippen molar-refractivity contribution in [3.8, 4) is 0 Å². The molecule has 1 rings (SSSR count). The standard InChI is InChI=1S/C13H18FNO4/c1-13(2,3)19-7-6-18-9-10-4-5-12(15(16)17)11(14)8-10/h4-5,8H,6-7,9H2,1-3H3. The molecular formula is C13H18FNO4. The molecule has 0 aliphatic rings. The lowest BCUT2D eigenvalue weighted by molar-refractivity contribution is -0.387. The summed E-state index contributed by atoms with van der Waals surface area (Å²) in [4.78, 5) is 9.69. The van der Waals surface area contributed by atoms with Crippen molar-refractivity contribution in [3.05, 3.63) is 39.7 Å². The highest BCUT2D eigenvalue weighted by Crippen LogP contribution is 2.18. The fourth-order valence-electron chi connectivity index (χ4n) is 1.39. The normalized spacial score (nSPS) is 11.6. The number of ether oxygens (including phenoxy) is 2. The van der Waals surface area contributed by atoms with Gasteiger partial charge in [0.15, 0.2) is 0 Å². The molecule has 0 aromatic heterocycles. The van der Waals surface area contributed by atoms with E-state index in [0.29, 0.717) is 18.8 Å². The highest BCUT2D eigenvalue weighted by atomic mass is 19.1. The molecule has 0 aliphatic heterocycles. The lowest BCUT2D eigenvalue weighted by Gasteiger charge is -2.19. The third kappa shape index (κ3) is 5.76. The predicted molar refractivity (Wildman–Crippen MR) is 68.4 cm³/mol. The van der Waals surface area contributed by atoms with Crippen LogP contribution in [-0.2, 0) is 16.1 Å². The molecule has 0 bridgehead atoms. The Morgan fingerprint density at radius 3 is 2.53 bits per heavy atom. The SMILES string of the molecule is CC(C)(C)OCCOCc1ccc([N+](=O)[O-])c(F)c1. The molecule has 19 heavy (non-hydrogen) atoms. The van der Waals surface area contributed by atoms with Gasteiger partial charge in [0.25, 0.3) is 0 Å². The Balaban J connectivity index is 2.38. The van der Waals surface area contributed by atoms with Gasteiger partial charge in [0.05, 0.1) is 30.3 Å². The number of rotatable bonds is 6. The topological polar surface area (TPSA) is 61.6 Å². The van der Waals surface area contributed by atoms with Gasteiger partial charge in [0, 0.05) is 6.07 Å².